The van der Waals surface area contributed by atoms with Gasteiger partial charge >= 0.3 is 5.97 Å². The summed E-state index contributed by atoms with van der Waals surface area (Å²) in [6.07, 6.45) is -0.880. The Labute approximate surface area is 140 Å². The molecular weight excluding hydrogens is 312 g/mol. The van der Waals surface area contributed by atoms with Gasteiger partial charge in [0.2, 0.25) is 0 Å². The molecule has 0 unspecified atom stereocenters. The maximum absolute atomic E-state index is 11.5. The number of ether oxygens (including phenoxy) is 4. The van der Waals surface area contributed by atoms with Crippen LogP contribution in [0.5, 0.6) is 23.0 Å². The minimum absolute atomic E-state index is 0.161. The Morgan fingerprint density at radius 1 is 0.917 bits per heavy atom. The zero-order valence-electron chi connectivity index (χ0n) is 13.8. The molecule has 2 rings (SSSR count). The predicted molar refractivity (Wildman–Crippen MR) is 88.3 cm³/mol. The molecule has 6 heteroatoms. The molecule has 0 bridgehead atoms. The number of hydrogen-bond donors (Lipinski definition) is 1. The number of aliphatic carboxylic acids is 1. The lowest BCUT2D eigenvalue weighted by Gasteiger charge is -2.17. The lowest BCUT2D eigenvalue weighted by atomic mass is 10.1. The Kier molecular flexibility index (Phi) is 5.89. The lowest BCUT2D eigenvalue weighted by Crippen LogP contribution is -2.29. The lowest BCUT2D eigenvalue weighted by molar-refractivity contribution is -0.145. The normalized spacial score (nSPS) is 11.5. The highest BCUT2D eigenvalue weighted by atomic mass is 16.5. The first-order valence-corrected chi connectivity index (χ1v) is 7.31. The number of carbonyl (C=O) groups is 1. The number of benzene rings is 2. The molecule has 128 valence electrons. The second-order valence-electron chi connectivity index (χ2n) is 5.00. The standard InChI is InChI=1S/C18H20O6/c1-21-13-6-8-14(9-7-13)24-17(18(19)20)10-12-4-5-15(22-2)11-16(12)23-3/h4-9,11,17H,10H2,1-3H3,(H,19,20)/t17-/m1/s1. The van der Waals surface area contributed by atoms with Crippen LogP contribution in [0.15, 0.2) is 42.5 Å². The van der Waals surface area contributed by atoms with Gasteiger partial charge < -0.3 is 24.1 Å². The first-order valence-electron chi connectivity index (χ1n) is 7.31. The third-order valence-corrected chi connectivity index (χ3v) is 3.51. The van der Waals surface area contributed by atoms with Crippen molar-refractivity contribution in [2.75, 3.05) is 21.3 Å². The largest absolute Gasteiger partial charge is 0.497 e. The average molecular weight is 332 g/mol. The molecule has 0 aliphatic rings. The molecular formula is C18H20O6. The summed E-state index contributed by atoms with van der Waals surface area (Å²) in [6.45, 7) is 0. The van der Waals surface area contributed by atoms with Crippen molar-refractivity contribution < 1.29 is 28.8 Å². The van der Waals surface area contributed by atoms with Crippen LogP contribution < -0.4 is 18.9 Å². The fourth-order valence-corrected chi connectivity index (χ4v) is 2.22. The van der Waals surface area contributed by atoms with Gasteiger partial charge in [0.05, 0.1) is 21.3 Å². The van der Waals surface area contributed by atoms with Gasteiger partial charge in [0.15, 0.2) is 6.10 Å². The van der Waals surface area contributed by atoms with Crippen LogP contribution in [-0.4, -0.2) is 38.5 Å². The summed E-state index contributed by atoms with van der Waals surface area (Å²) in [5, 5.41) is 9.45. The highest BCUT2D eigenvalue weighted by Crippen LogP contribution is 2.27. The van der Waals surface area contributed by atoms with Crippen molar-refractivity contribution in [2.45, 2.75) is 12.5 Å². The van der Waals surface area contributed by atoms with Crippen molar-refractivity contribution in [3.05, 3.63) is 48.0 Å². The summed E-state index contributed by atoms with van der Waals surface area (Å²) in [5.41, 5.74) is 0.721. The van der Waals surface area contributed by atoms with Gasteiger partial charge in [-0.1, -0.05) is 6.07 Å². The molecule has 24 heavy (non-hydrogen) atoms. The van der Waals surface area contributed by atoms with Crippen molar-refractivity contribution >= 4 is 5.97 Å². The molecule has 0 heterocycles. The second kappa shape index (κ2) is 8.10. The molecule has 0 amide bonds. The number of hydrogen-bond acceptors (Lipinski definition) is 5. The molecule has 2 aromatic carbocycles. The molecule has 0 fully saturated rings. The molecule has 6 nitrogen and oxygen atoms in total. The average Bonchev–Trinajstić information content (AvgIpc) is 2.61. The third kappa shape index (κ3) is 4.32. The van der Waals surface area contributed by atoms with E-state index >= 15 is 0 Å². The predicted octanol–water partition coefficient (Wildman–Crippen LogP) is 2.79. The Bertz CT molecular complexity index is 680. The van der Waals surface area contributed by atoms with Gasteiger partial charge in [-0.25, -0.2) is 4.79 Å². The van der Waals surface area contributed by atoms with Gasteiger partial charge in [-0.2, -0.15) is 0 Å². The molecule has 0 aliphatic heterocycles. The zero-order valence-corrected chi connectivity index (χ0v) is 13.8. The number of carboxylic acids is 1. The molecule has 1 atom stereocenters. The van der Waals surface area contributed by atoms with E-state index in [9.17, 15) is 9.90 Å². The van der Waals surface area contributed by atoms with E-state index in [2.05, 4.69) is 0 Å². The van der Waals surface area contributed by atoms with Crippen LogP contribution in [0.3, 0.4) is 0 Å². The highest BCUT2D eigenvalue weighted by Gasteiger charge is 2.22. The van der Waals surface area contributed by atoms with Gasteiger partial charge in [-0.15, -0.1) is 0 Å². The van der Waals surface area contributed by atoms with E-state index in [1.807, 2.05) is 0 Å². The quantitative estimate of drug-likeness (QED) is 0.801. The van der Waals surface area contributed by atoms with E-state index in [1.54, 1.807) is 56.7 Å². The summed E-state index contributed by atoms with van der Waals surface area (Å²) in [5.74, 6) is 1.27. The van der Waals surface area contributed by atoms with Gasteiger partial charge in [0, 0.05) is 12.5 Å². The van der Waals surface area contributed by atoms with Crippen LogP contribution in [0.25, 0.3) is 0 Å². The second-order valence-corrected chi connectivity index (χ2v) is 5.00. The van der Waals surface area contributed by atoms with Crippen LogP contribution in [-0.2, 0) is 11.2 Å². The fraction of sp³-hybridized carbons (Fsp3) is 0.278. The van der Waals surface area contributed by atoms with Crippen molar-refractivity contribution in [1.82, 2.24) is 0 Å². The minimum Gasteiger partial charge on any atom is -0.497 e. The summed E-state index contributed by atoms with van der Waals surface area (Å²) in [4.78, 5) is 11.5. The number of carboxylic acid groups (broad SMARTS) is 1. The topological polar surface area (TPSA) is 74.2 Å². The third-order valence-electron chi connectivity index (χ3n) is 3.51. The minimum atomic E-state index is -1.05. The summed E-state index contributed by atoms with van der Waals surface area (Å²) in [6, 6.07) is 12.0. The maximum Gasteiger partial charge on any atom is 0.345 e. The zero-order chi connectivity index (χ0) is 17.5. The van der Waals surface area contributed by atoms with Crippen molar-refractivity contribution in [2.24, 2.45) is 0 Å². The molecule has 0 spiro atoms. The van der Waals surface area contributed by atoms with Crippen molar-refractivity contribution in [3.8, 4) is 23.0 Å². The molecule has 0 aromatic heterocycles. The first kappa shape index (κ1) is 17.5. The monoisotopic (exact) mass is 332 g/mol. The Balaban J connectivity index is 2.17. The van der Waals surface area contributed by atoms with Crippen LogP contribution >= 0.6 is 0 Å². The summed E-state index contributed by atoms with van der Waals surface area (Å²) in [7, 11) is 4.64. The van der Waals surface area contributed by atoms with E-state index in [0.717, 1.165) is 5.56 Å². The van der Waals surface area contributed by atoms with Gasteiger partial charge in [-0.05, 0) is 35.9 Å². The SMILES string of the molecule is COc1ccc(O[C@H](Cc2ccc(OC)cc2OC)C(=O)O)cc1. The molecule has 1 N–H and O–H groups in total. The highest BCUT2D eigenvalue weighted by molar-refractivity contribution is 5.73. The summed E-state index contributed by atoms with van der Waals surface area (Å²) < 4.78 is 21.1. The van der Waals surface area contributed by atoms with Crippen molar-refractivity contribution in [1.29, 1.82) is 0 Å². The van der Waals surface area contributed by atoms with Crippen LogP contribution in [0.2, 0.25) is 0 Å². The van der Waals surface area contributed by atoms with E-state index in [-0.39, 0.29) is 6.42 Å². The Morgan fingerprint density at radius 2 is 1.50 bits per heavy atom. The molecule has 0 saturated carbocycles. The first-order chi connectivity index (χ1) is 11.6. The maximum atomic E-state index is 11.5. The van der Waals surface area contributed by atoms with Crippen LogP contribution in [0.1, 0.15) is 5.56 Å². The Morgan fingerprint density at radius 3 is 2.04 bits per heavy atom. The molecule has 2 aromatic rings. The van der Waals surface area contributed by atoms with E-state index in [0.29, 0.717) is 23.0 Å². The molecule has 0 radical (unpaired) electrons. The number of methoxy groups -OCH3 is 3. The number of rotatable bonds is 8. The van der Waals surface area contributed by atoms with Crippen LogP contribution in [0, 0.1) is 0 Å². The van der Waals surface area contributed by atoms with E-state index in [1.165, 1.54) is 7.11 Å². The van der Waals surface area contributed by atoms with Crippen molar-refractivity contribution in [3.63, 3.8) is 0 Å². The smallest absolute Gasteiger partial charge is 0.345 e. The molecule has 0 saturated heterocycles. The molecule has 0 aliphatic carbocycles. The van der Waals surface area contributed by atoms with Crippen LogP contribution in [0.4, 0.5) is 0 Å². The van der Waals surface area contributed by atoms with E-state index < -0.39 is 12.1 Å². The summed E-state index contributed by atoms with van der Waals surface area (Å²) >= 11 is 0. The fourth-order valence-electron chi connectivity index (χ4n) is 2.22. The van der Waals surface area contributed by atoms with Gasteiger partial charge in [-0.3, -0.25) is 0 Å². The van der Waals surface area contributed by atoms with E-state index in [4.69, 9.17) is 18.9 Å². The van der Waals surface area contributed by atoms with Gasteiger partial charge in [0.1, 0.15) is 23.0 Å². The van der Waals surface area contributed by atoms with Gasteiger partial charge in [0.25, 0.3) is 0 Å². The Hall–Kier alpha value is -2.89.